The Morgan fingerprint density at radius 2 is 1.72 bits per heavy atom. The topological polar surface area (TPSA) is 87.8 Å². The van der Waals surface area contributed by atoms with Crippen molar-refractivity contribution in [2.45, 2.75) is 32.5 Å². The van der Waals surface area contributed by atoms with E-state index in [1.165, 1.54) is 17.8 Å². The van der Waals surface area contributed by atoms with E-state index in [0.717, 1.165) is 41.2 Å². The average molecular weight is 434 g/mol. The van der Waals surface area contributed by atoms with Crippen LogP contribution in [0.4, 0.5) is 15.8 Å². The second kappa shape index (κ2) is 7.96. The smallest absolute Gasteiger partial charge is 0.190 e. The second-order valence-corrected chi connectivity index (χ2v) is 8.76. The van der Waals surface area contributed by atoms with Crippen LogP contribution >= 0.6 is 0 Å². The van der Waals surface area contributed by atoms with Crippen molar-refractivity contribution in [2.75, 3.05) is 23.0 Å². The summed E-state index contributed by atoms with van der Waals surface area (Å²) < 4.78 is 15.5. The molecule has 0 aliphatic carbocycles. The van der Waals surface area contributed by atoms with Crippen molar-refractivity contribution in [1.82, 2.24) is 9.88 Å². The van der Waals surface area contributed by atoms with Gasteiger partial charge in [-0.15, -0.1) is 0 Å². The van der Waals surface area contributed by atoms with Crippen LogP contribution in [0.15, 0.2) is 59.8 Å². The Hall–Kier alpha value is -3.36. The summed E-state index contributed by atoms with van der Waals surface area (Å²) in [5, 5.41) is 9.13. The number of aromatic nitrogens is 1. The standard InChI is InChI=1S/C24H28FN7/c1-15-11-30(12-16(2)28-15)21-7-8-22-19(9-21)14-31-13-18(17-3-5-20(25)6-4-17)10-23(31)24(29-26)32(22)27/h3-10,13,15-16,28H,11-12,14,26-27H2,1-2H3/b29-24-. The fraction of sp³-hybridized carbons (Fsp3) is 0.292. The second-order valence-electron chi connectivity index (χ2n) is 8.76. The zero-order chi connectivity index (χ0) is 22.4. The lowest BCUT2D eigenvalue weighted by Crippen LogP contribution is -2.54. The molecule has 166 valence electrons. The molecule has 32 heavy (non-hydrogen) atoms. The maximum Gasteiger partial charge on any atom is 0.190 e. The van der Waals surface area contributed by atoms with Gasteiger partial charge >= 0.3 is 0 Å². The number of hydrogen-bond acceptors (Lipinski definition) is 5. The minimum absolute atomic E-state index is 0.259. The molecule has 0 spiro atoms. The van der Waals surface area contributed by atoms with Gasteiger partial charge in [0.1, 0.15) is 5.82 Å². The third-order valence-electron chi connectivity index (χ3n) is 6.24. The van der Waals surface area contributed by atoms with Gasteiger partial charge in [0.2, 0.25) is 0 Å². The first-order valence-corrected chi connectivity index (χ1v) is 10.9. The summed E-state index contributed by atoms with van der Waals surface area (Å²) in [5.41, 5.74) is 5.84. The number of hydrazone groups is 1. The molecule has 2 unspecified atom stereocenters. The molecule has 3 heterocycles. The molecule has 2 atom stereocenters. The van der Waals surface area contributed by atoms with Crippen LogP contribution in [0.2, 0.25) is 0 Å². The maximum atomic E-state index is 13.4. The molecule has 0 radical (unpaired) electrons. The van der Waals surface area contributed by atoms with Gasteiger partial charge in [0.15, 0.2) is 5.84 Å². The van der Waals surface area contributed by atoms with Gasteiger partial charge in [-0.3, -0.25) is 5.01 Å². The number of hydrogen-bond donors (Lipinski definition) is 3. The van der Waals surface area contributed by atoms with E-state index in [1.807, 2.05) is 18.3 Å². The Bertz CT molecular complexity index is 1160. The van der Waals surface area contributed by atoms with Gasteiger partial charge in [0.25, 0.3) is 0 Å². The van der Waals surface area contributed by atoms with E-state index in [-0.39, 0.29) is 5.82 Å². The summed E-state index contributed by atoms with van der Waals surface area (Å²) in [5.74, 6) is 12.5. The van der Waals surface area contributed by atoms with Crippen molar-refractivity contribution in [3.05, 3.63) is 71.8 Å². The first-order chi connectivity index (χ1) is 15.4. The van der Waals surface area contributed by atoms with Gasteiger partial charge in [0.05, 0.1) is 11.4 Å². The highest BCUT2D eigenvalue weighted by Gasteiger charge is 2.27. The summed E-state index contributed by atoms with van der Waals surface area (Å²) in [6, 6.07) is 15.7. The number of fused-ring (bicyclic) bond motifs is 2. The molecule has 8 heteroatoms. The molecular weight excluding hydrogens is 405 g/mol. The number of nitrogens with one attached hydrogen (secondary N) is 1. The number of hydrazine groups is 1. The van der Waals surface area contributed by atoms with E-state index in [0.29, 0.717) is 24.5 Å². The number of benzene rings is 2. The number of piperazine rings is 1. The van der Waals surface area contributed by atoms with Crippen molar-refractivity contribution in [3.63, 3.8) is 0 Å². The lowest BCUT2D eigenvalue weighted by molar-refractivity contribution is 0.407. The van der Waals surface area contributed by atoms with E-state index in [9.17, 15) is 4.39 Å². The number of nitrogens with zero attached hydrogens (tertiary/aromatic N) is 4. The van der Waals surface area contributed by atoms with E-state index < -0.39 is 0 Å². The molecule has 5 N–H and O–H groups in total. The van der Waals surface area contributed by atoms with Crippen LogP contribution in [0.1, 0.15) is 25.1 Å². The predicted octanol–water partition coefficient (Wildman–Crippen LogP) is 2.84. The van der Waals surface area contributed by atoms with Gasteiger partial charge in [-0.2, -0.15) is 5.10 Å². The summed E-state index contributed by atoms with van der Waals surface area (Å²) in [4.78, 5) is 2.41. The molecule has 2 aromatic carbocycles. The molecule has 0 bridgehead atoms. The van der Waals surface area contributed by atoms with Crippen LogP contribution < -0.4 is 26.9 Å². The van der Waals surface area contributed by atoms with Gasteiger partial charge < -0.3 is 20.6 Å². The largest absolute Gasteiger partial charge is 0.368 e. The SMILES string of the molecule is CC1CN(c2ccc3c(c2)Cn2cc(-c4ccc(F)cc4)cc2/C(=N/N)N3N)CC(C)N1. The molecular formula is C24H28FN7. The van der Waals surface area contributed by atoms with Crippen LogP contribution in [-0.2, 0) is 6.54 Å². The minimum Gasteiger partial charge on any atom is -0.368 e. The molecule has 0 amide bonds. The first-order valence-electron chi connectivity index (χ1n) is 10.9. The number of amidine groups is 1. The lowest BCUT2D eigenvalue weighted by atomic mass is 10.1. The van der Waals surface area contributed by atoms with Crippen molar-refractivity contribution >= 4 is 17.2 Å². The first kappa shape index (κ1) is 20.5. The molecule has 0 saturated carbocycles. The Morgan fingerprint density at radius 1 is 1.00 bits per heavy atom. The Kier molecular flexibility index (Phi) is 5.11. The van der Waals surface area contributed by atoms with Crippen molar-refractivity contribution in [2.24, 2.45) is 16.8 Å². The average Bonchev–Trinajstić information content (AvgIpc) is 3.13. The third-order valence-corrected chi connectivity index (χ3v) is 6.24. The summed E-state index contributed by atoms with van der Waals surface area (Å²) in [7, 11) is 0. The van der Waals surface area contributed by atoms with Crippen molar-refractivity contribution in [1.29, 1.82) is 0 Å². The van der Waals surface area contributed by atoms with E-state index in [4.69, 9.17) is 11.7 Å². The Morgan fingerprint density at radius 3 is 2.41 bits per heavy atom. The van der Waals surface area contributed by atoms with Gasteiger partial charge in [0, 0.05) is 49.2 Å². The number of rotatable bonds is 2. The van der Waals surface area contributed by atoms with E-state index in [1.54, 1.807) is 17.1 Å². The van der Waals surface area contributed by atoms with Gasteiger partial charge in [-0.1, -0.05) is 12.1 Å². The summed E-state index contributed by atoms with van der Waals surface area (Å²) in [6.07, 6.45) is 2.04. The van der Waals surface area contributed by atoms with Crippen LogP contribution in [0, 0.1) is 5.82 Å². The fourth-order valence-corrected chi connectivity index (χ4v) is 4.85. The quantitative estimate of drug-likeness (QED) is 0.427. The Labute approximate surface area is 187 Å². The van der Waals surface area contributed by atoms with Crippen LogP contribution in [0.5, 0.6) is 0 Å². The molecule has 1 saturated heterocycles. The monoisotopic (exact) mass is 433 g/mol. The van der Waals surface area contributed by atoms with Crippen molar-refractivity contribution < 1.29 is 4.39 Å². The Balaban J connectivity index is 1.55. The molecule has 1 aromatic heterocycles. The van der Waals surface area contributed by atoms with Gasteiger partial charge in [-0.05, 0) is 61.4 Å². The van der Waals surface area contributed by atoms with E-state index >= 15 is 0 Å². The van der Waals surface area contributed by atoms with Crippen LogP contribution in [0.3, 0.4) is 0 Å². The summed E-state index contributed by atoms with van der Waals surface area (Å²) in [6.45, 7) is 6.95. The minimum atomic E-state index is -0.259. The highest BCUT2D eigenvalue weighted by atomic mass is 19.1. The van der Waals surface area contributed by atoms with E-state index in [2.05, 4.69) is 45.9 Å². The molecule has 1 fully saturated rings. The highest BCUT2D eigenvalue weighted by molar-refractivity contribution is 6.09. The predicted molar refractivity (Wildman–Crippen MR) is 127 cm³/mol. The lowest BCUT2D eigenvalue weighted by Gasteiger charge is -2.38. The maximum absolute atomic E-state index is 13.4. The third kappa shape index (κ3) is 3.61. The highest BCUT2D eigenvalue weighted by Crippen LogP contribution is 2.33. The summed E-state index contributed by atoms with van der Waals surface area (Å²) >= 11 is 0. The molecule has 5 rings (SSSR count). The fourth-order valence-electron chi connectivity index (χ4n) is 4.85. The number of nitrogens with two attached hydrogens (primary N) is 2. The molecule has 2 aliphatic heterocycles. The zero-order valence-electron chi connectivity index (χ0n) is 18.3. The van der Waals surface area contributed by atoms with Gasteiger partial charge in [-0.25, -0.2) is 10.2 Å². The molecule has 7 nitrogen and oxygen atoms in total. The van der Waals surface area contributed by atoms with Crippen LogP contribution in [-0.4, -0.2) is 35.6 Å². The number of halogens is 1. The molecule has 3 aromatic rings. The van der Waals surface area contributed by atoms with Crippen LogP contribution in [0.25, 0.3) is 11.1 Å². The van der Waals surface area contributed by atoms with Crippen molar-refractivity contribution in [3.8, 4) is 11.1 Å². The molecule has 2 aliphatic rings. The normalized spacial score (nSPS) is 21.9. The number of anilines is 2. The zero-order valence-corrected chi connectivity index (χ0v) is 18.3.